The van der Waals surface area contributed by atoms with Crippen LogP contribution in [0.25, 0.3) is 43.7 Å². The summed E-state index contributed by atoms with van der Waals surface area (Å²) in [5, 5.41) is 24.6. The number of nitrogens with one attached hydrogen (secondary N) is 1. The summed E-state index contributed by atoms with van der Waals surface area (Å²) in [7, 11) is 1.98. The molecule has 2 N–H and O–H groups in total. The SMILES string of the molecule is CCON=C(C)c1ccc2c(c1)c1c3c[nH]c(O)c3c3c(c1n2CCCCN1CCN(CC)CC1)CCc1nn(C)cc1-3. The van der Waals surface area contributed by atoms with Gasteiger partial charge in [-0.15, -0.1) is 0 Å². The van der Waals surface area contributed by atoms with E-state index in [1.54, 1.807) is 0 Å². The number of benzene rings is 2. The Morgan fingerprint density at radius 2 is 1.81 bits per heavy atom. The van der Waals surface area contributed by atoms with Gasteiger partial charge in [0.25, 0.3) is 0 Å². The van der Waals surface area contributed by atoms with Crippen LogP contribution in [0.5, 0.6) is 5.88 Å². The van der Waals surface area contributed by atoms with E-state index in [1.165, 1.54) is 60.0 Å². The molecule has 2 aliphatic rings. The van der Waals surface area contributed by atoms with Gasteiger partial charge in [-0.3, -0.25) is 4.68 Å². The van der Waals surface area contributed by atoms with Gasteiger partial charge in [-0.25, -0.2) is 0 Å². The van der Waals surface area contributed by atoms with Crippen LogP contribution in [0.3, 0.4) is 0 Å². The number of piperazine rings is 1. The lowest BCUT2D eigenvalue weighted by atomic mass is 9.85. The number of aryl methyl sites for hydroxylation is 4. The Morgan fingerprint density at radius 1 is 1.02 bits per heavy atom. The van der Waals surface area contributed by atoms with Crippen LogP contribution in [-0.2, 0) is 31.3 Å². The van der Waals surface area contributed by atoms with E-state index in [0.29, 0.717) is 6.61 Å². The van der Waals surface area contributed by atoms with Gasteiger partial charge in [-0.2, -0.15) is 5.10 Å². The lowest BCUT2D eigenvalue weighted by Gasteiger charge is -2.34. The molecule has 5 aromatic rings. The highest BCUT2D eigenvalue weighted by Crippen LogP contribution is 2.49. The largest absolute Gasteiger partial charge is 0.494 e. The van der Waals surface area contributed by atoms with Crippen LogP contribution in [0.2, 0.25) is 0 Å². The Labute approximate surface area is 252 Å². The van der Waals surface area contributed by atoms with Crippen LogP contribution < -0.4 is 0 Å². The van der Waals surface area contributed by atoms with Crippen LogP contribution in [0, 0.1) is 0 Å². The Bertz CT molecular complexity index is 1830. The molecule has 0 spiro atoms. The molecule has 3 aromatic heterocycles. The van der Waals surface area contributed by atoms with Crippen LogP contribution in [0.1, 0.15) is 50.4 Å². The molecule has 0 bridgehead atoms. The maximum absolute atomic E-state index is 11.2. The topological polar surface area (TPSA) is 86.8 Å². The zero-order valence-corrected chi connectivity index (χ0v) is 25.9. The average molecular weight is 582 g/mol. The number of unbranched alkanes of at least 4 members (excludes halogenated alkanes) is 1. The summed E-state index contributed by atoms with van der Waals surface area (Å²) in [5.41, 5.74) is 9.10. The van der Waals surface area contributed by atoms with Crippen molar-refractivity contribution in [1.82, 2.24) is 29.1 Å². The highest BCUT2D eigenvalue weighted by molar-refractivity contribution is 6.27. The molecule has 2 aromatic carbocycles. The summed E-state index contributed by atoms with van der Waals surface area (Å²) in [6.07, 6.45) is 8.17. The zero-order chi connectivity index (χ0) is 29.7. The van der Waals surface area contributed by atoms with E-state index in [-0.39, 0.29) is 5.88 Å². The average Bonchev–Trinajstić information content (AvgIpc) is 3.70. The van der Waals surface area contributed by atoms with E-state index in [9.17, 15) is 5.11 Å². The number of aromatic amines is 1. The zero-order valence-electron chi connectivity index (χ0n) is 25.9. The minimum Gasteiger partial charge on any atom is -0.494 e. The predicted octanol–water partition coefficient (Wildman–Crippen LogP) is 5.66. The van der Waals surface area contributed by atoms with Gasteiger partial charge in [0, 0.05) is 85.0 Å². The van der Waals surface area contributed by atoms with Gasteiger partial charge < -0.3 is 29.3 Å². The monoisotopic (exact) mass is 581 g/mol. The first-order chi connectivity index (χ1) is 21.0. The fourth-order valence-electron chi connectivity index (χ4n) is 7.39. The van der Waals surface area contributed by atoms with E-state index >= 15 is 0 Å². The van der Waals surface area contributed by atoms with Gasteiger partial charge in [0.1, 0.15) is 6.61 Å². The summed E-state index contributed by atoms with van der Waals surface area (Å²) < 4.78 is 4.46. The van der Waals surface area contributed by atoms with Gasteiger partial charge >= 0.3 is 0 Å². The molecular formula is C34H43N7O2. The number of nitrogens with zero attached hydrogens (tertiary/aromatic N) is 6. The van der Waals surface area contributed by atoms with Crippen LogP contribution >= 0.6 is 0 Å². The molecule has 0 amide bonds. The van der Waals surface area contributed by atoms with Crippen molar-refractivity contribution in [2.75, 3.05) is 45.9 Å². The van der Waals surface area contributed by atoms with E-state index in [4.69, 9.17) is 9.94 Å². The van der Waals surface area contributed by atoms with Crippen molar-refractivity contribution in [2.24, 2.45) is 12.2 Å². The van der Waals surface area contributed by atoms with Gasteiger partial charge in [-0.1, -0.05) is 18.1 Å². The molecule has 9 heteroatoms. The Balaban J connectivity index is 1.36. The van der Waals surface area contributed by atoms with Crippen molar-refractivity contribution >= 4 is 38.3 Å². The molecule has 0 unspecified atom stereocenters. The van der Waals surface area contributed by atoms with Crippen molar-refractivity contribution in [3.8, 4) is 17.0 Å². The number of hydrogen-bond acceptors (Lipinski definition) is 6. The number of fused-ring (bicyclic) bond motifs is 10. The molecule has 0 radical (unpaired) electrons. The maximum Gasteiger partial charge on any atom is 0.197 e. The third kappa shape index (κ3) is 4.79. The lowest BCUT2D eigenvalue weighted by molar-refractivity contribution is 0.135. The van der Waals surface area contributed by atoms with Gasteiger partial charge in [-0.05, 0) is 75.9 Å². The quantitative estimate of drug-likeness (QED) is 0.133. The number of oxime groups is 1. The molecule has 0 atom stereocenters. The number of rotatable bonds is 9. The molecular weight excluding hydrogens is 538 g/mol. The highest BCUT2D eigenvalue weighted by Gasteiger charge is 2.30. The molecule has 0 saturated carbocycles. The molecule has 43 heavy (non-hydrogen) atoms. The molecule has 1 aliphatic heterocycles. The predicted molar refractivity (Wildman–Crippen MR) is 174 cm³/mol. The first kappa shape index (κ1) is 28.0. The second-order valence-corrected chi connectivity index (χ2v) is 12.1. The third-order valence-electron chi connectivity index (χ3n) is 9.58. The molecule has 226 valence electrons. The number of aromatic hydroxyl groups is 1. The van der Waals surface area contributed by atoms with Crippen molar-refractivity contribution in [2.45, 2.75) is 53.0 Å². The Hall–Kier alpha value is -3.82. The van der Waals surface area contributed by atoms with Crippen molar-refractivity contribution < 1.29 is 9.94 Å². The third-order valence-corrected chi connectivity index (χ3v) is 9.58. The van der Waals surface area contributed by atoms with E-state index in [0.717, 1.165) is 77.8 Å². The number of H-pyrrole nitrogens is 1. The molecule has 9 nitrogen and oxygen atoms in total. The van der Waals surface area contributed by atoms with Gasteiger partial charge in [0.15, 0.2) is 5.88 Å². The second kappa shape index (κ2) is 11.4. The first-order valence-corrected chi connectivity index (χ1v) is 15.9. The van der Waals surface area contributed by atoms with Crippen molar-refractivity contribution in [3.05, 3.63) is 47.4 Å². The Kier molecular flexibility index (Phi) is 7.39. The molecule has 1 aliphatic carbocycles. The summed E-state index contributed by atoms with van der Waals surface area (Å²) in [6, 6.07) is 6.68. The summed E-state index contributed by atoms with van der Waals surface area (Å²) >= 11 is 0. The van der Waals surface area contributed by atoms with E-state index < -0.39 is 0 Å². The van der Waals surface area contributed by atoms with E-state index in [1.807, 2.05) is 31.8 Å². The highest BCUT2D eigenvalue weighted by atomic mass is 16.6. The molecule has 1 saturated heterocycles. The van der Waals surface area contributed by atoms with Gasteiger partial charge in [0.2, 0.25) is 0 Å². The molecule has 4 heterocycles. The lowest BCUT2D eigenvalue weighted by Crippen LogP contribution is -2.46. The molecule has 7 rings (SSSR count). The fourth-order valence-corrected chi connectivity index (χ4v) is 7.39. The minimum absolute atomic E-state index is 0.221. The first-order valence-electron chi connectivity index (χ1n) is 15.9. The smallest absolute Gasteiger partial charge is 0.197 e. The number of aromatic nitrogens is 4. The minimum atomic E-state index is 0.221. The van der Waals surface area contributed by atoms with Crippen LogP contribution in [-0.4, -0.2) is 85.8 Å². The van der Waals surface area contributed by atoms with Crippen molar-refractivity contribution in [3.63, 3.8) is 0 Å². The summed E-state index contributed by atoms with van der Waals surface area (Å²) in [5.74, 6) is 0.221. The standard InChI is InChI=1S/C34H43N7O2/c1-5-39-15-17-40(18-16-39)13-7-8-14-41-29-12-9-23(22(3)37-43-6-2)19-25(29)31-26-20-35-34(42)32(26)30-24(33(31)41)10-11-28-27(30)21-38(4)36-28/h9,12,19-21,35,42H,5-8,10-11,13-18H2,1-4H3. The number of hydrogen-bond donors (Lipinski definition) is 2. The second-order valence-electron chi connectivity index (χ2n) is 12.1. The maximum atomic E-state index is 11.2. The summed E-state index contributed by atoms with van der Waals surface area (Å²) in [4.78, 5) is 13.7. The van der Waals surface area contributed by atoms with E-state index in [2.05, 4.69) is 55.8 Å². The summed E-state index contributed by atoms with van der Waals surface area (Å²) in [6.45, 7) is 14.7. The van der Waals surface area contributed by atoms with Crippen LogP contribution in [0.4, 0.5) is 0 Å². The normalized spacial score (nSPS) is 16.4. The molecule has 1 fully saturated rings. The van der Waals surface area contributed by atoms with Gasteiger partial charge in [0.05, 0.1) is 22.3 Å². The Morgan fingerprint density at radius 3 is 2.60 bits per heavy atom. The fraction of sp³-hybridized carbons (Fsp3) is 0.471. The number of likely N-dealkylation sites (N-methyl/N-ethyl adjacent to an activating group) is 1. The van der Waals surface area contributed by atoms with Crippen LogP contribution in [0.15, 0.2) is 35.7 Å². The van der Waals surface area contributed by atoms with Crippen molar-refractivity contribution in [1.29, 1.82) is 0 Å².